The number of aliphatic imine (C=N–C) groups is 1. The van der Waals surface area contributed by atoms with E-state index in [0.29, 0.717) is 24.5 Å². The lowest BCUT2D eigenvalue weighted by Crippen LogP contribution is -2.37. The molecule has 0 aliphatic heterocycles. The Balaban J connectivity index is 2.68. The van der Waals surface area contributed by atoms with Crippen LogP contribution < -0.4 is 15.4 Å². The minimum atomic E-state index is -4.68. The molecule has 4 nitrogen and oxygen atoms in total. The van der Waals surface area contributed by atoms with Crippen LogP contribution in [0, 0.1) is 0 Å². The van der Waals surface area contributed by atoms with Gasteiger partial charge in [-0.3, -0.25) is 4.99 Å². The van der Waals surface area contributed by atoms with Crippen molar-refractivity contribution in [2.75, 3.05) is 19.6 Å². The van der Waals surface area contributed by atoms with Gasteiger partial charge in [-0.05, 0) is 31.9 Å². The van der Waals surface area contributed by atoms with Gasteiger partial charge in [0.15, 0.2) is 5.96 Å². The standard InChI is InChI=1S/C14H20F3N3O/c1-3-18-13(19-4-2)20-10-9-11-7-5-6-8-12(11)21-14(15,16)17/h5-8H,3-4,9-10H2,1-2H3,(H2,18,19,20). The van der Waals surface area contributed by atoms with E-state index in [2.05, 4.69) is 20.4 Å². The van der Waals surface area contributed by atoms with E-state index in [0.717, 1.165) is 13.1 Å². The Morgan fingerprint density at radius 1 is 1.14 bits per heavy atom. The van der Waals surface area contributed by atoms with E-state index >= 15 is 0 Å². The van der Waals surface area contributed by atoms with Crippen molar-refractivity contribution >= 4 is 5.96 Å². The zero-order valence-corrected chi connectivity index (χ0v) is 12.1. The molecule has 0 heterocycles. The highest BCUT2D eigenvalue weighted by Gasteiger charge is 2.31. The molecule has 0 unspecified atom stereocenters. The van der Waals surface area contributed by atoms with Gasteiger partial charge in [0.1, 0.15) is 5.75 Å². The Kier molecular flexibility index (Phi) is 6.84. The summed E-state index contributed by atoms with van der Waals surface area (Å²) < 4.78 is 40.9. The number of halogens is 3. The van der Waals surface area contributed by atoms with Gasteiger partial charge in [-0.25, -0.2) is 0 Å². The minimum absolute atomic E-state index is 0.173. The van der Waals surface area contributed by atoms with E-state index < -0.39 is 6.36 Å². The van der Waals surface area contributed by atoms with E-state index in [1.165, 1.54) is 12.1 Å². The number of benzene rings is 1. The SMILES string of the molecule is CCNC(=NCCc1ccccc1OC(F)(F)F)NCC. The fraction of sp³-hybridized carbons (Fsp3) is 0.500. The third-order valence-corrected chi connectivity index (χ3v) is 2.54. The quantitative estimate of drug-likeness (QED) is 0.627. The molecule has 0 radical (unpaired) electrons. The summed E-state index contributed by atoms with van der Waals surface area (Å²) in [6.07, 6.45) is -4.31. The largest absolute Gasteiger partial charge is 0.573 e. The molecule has 21 heavy (non-hydrogen) atoms. The molecule has 1 aromatic rings. The number of para-hydroxylation sites is 1. The first kappa shape index (κ1) is 17.1. The summed E-state index contributed by atoms with van der Waals surface area (Å²) in [5, 5.41) is 6.10. The summed E-state index contributed by atoms with van der Waals surface area (Å²) in [7, 11) is 0. The molecule has 1 rings (SSSR count). The molecule has 0 aliphatic rings. The van der Waals surface area contributed by atoms with E-state index in [1.807, 2.05) is 13.8 Å². The zero-order chi connectivity index (χ0) is 15.7. The average Bonchev–Trinajstić information content (AvgIpc) is 2.39. The van der Waals surface area contributed by atoms with E-state index in [-0.39, 0.29) is 5.75 Å². The lowest BCUT2D eigenvalue weighted by Gasteiger charge is -2.13. The summed E-state index contributed by atoms with van der Waals surface area (Å²) in [4.78, 5) is 4.29. The van der Waals surface area contributed by atoms with Gasteiger partial charge in [0, 0.05) is 19.6 Å². The molecule has 7 heteroatoms. The van der Waals surface area contributed by atoms with Crippen molar-refractivity contribution in [2.24, 2.45) is 4.99 Å². The summed E-state index contributed by atoms with van der Waals surface area (Å²) >= 11 is 0. The topological polar surface area (TPSA) is 45.7 Å². The van der Waals surface area contributed by atoms with Crippen molar-refractivity contribution in [2.45, 2.75) is 26.6 Å². The molecule has 0 saturated heterocycles. The predicted octanol–water partition coefficient (Wildman–Crippen LogP) is 2.70. The van der Waals surface area contributed by atoms with Crippen molar-refractivity contribution in [3.05, 3.63) is 29.8 Å². The second-order valence-corrected chi connectivity index (χ2v) is 4.20. The first-order chi connectivity index (χ1) is 9.96. The van der Waals surface area contributed by atoms with E-state index in [9.17, 15) is 13.2 Å². The van der Waals surface area contributed by atoms with Crippen LogP contribution in [-0.2, 0) is 6.42 Å². The fourth-order valence-corrected chi connectivity index (χ4v) is 1.73. The maximum Gasteiger partial charge on any atom is 0.573 e. The van der Waals surface area contributed by atoms with Crippen LogP contribution in [0.2, 0.25) is 0 Å². The Bertz CT molecular complexity index is 453. The third kappa shape index (κ3) is 6.87. The molecular weight excluding hydrogens is 283 g/mol. The fourth-order valence-electron chi connectivity index (χ4n) is 1.73. The van der Waals surface area contributed by atoms with Crippen molar-refractivity contribution in [3.8, 4) is 5.75 Å². The number of ether oxygens (including phenoxy) is 1. The van der Waals surface area contributed by atoms with E-state index in [4.69, 9.17) is 0 Å². The van der Waals surface area contributed by atoms with Crippen LogP contribution in [0.25, 0.3) is 0 Å². The zero-order valence-electron chi connectivity index (χ0n) is 12.1. The molecule has 2 N–H and O–H groups in total. The summed E-state index contributed by atoms with van der Waals surface area (Å²) in [5.41, 5.74) is 0.478. The number of hydrogen-bond acceptors (Lipinski definition) is 2. The van der Waals surface area contributed by atoms with Gasteiger partial charge in [-0.2, -0.15) is 0 Å². The van der Waals surface area contributed by atoms with Gasteiger partial charge in [0.2, 0.25) is 0 Å². The molecule has 0 saturated carbocycles. The molecule has 0 atom stereocenters. The third-order valence-electron chi connectivity index (χ3n) is 2.54. The number of nitrogens with one attached hydrogen (secondary N) is 2. The molecule has 0 aliphatic carbocycles. The highest BCUT2D eigenvalue weighted by molar-refractivity contribution is 5.79. The van der Waals surface area contributed by atoms with Crippen molar-refractivity contribution in [3.63, 3.8) is 0 Å². The maximum atomic E-state index is 12.3. The van der Waals surface area contributed by atoms with Crippen LogP contribution in [0.3, 0.4) is 0 Å². The van der Waals surface area contributed by atoms with Gasteiger partial charge in [-0.15, -0.1) is 13.2 Å². The van der Waals surface area contributed by atoms with Crippen LogP contribution in [0.4, 0.5) is 13.2 Å². The van der Waals surface area contributed by atoms with Crippen LogP contribution in [-0.4, -0.2) is 32.0 Å². The first-order valence-electron chi connectivity index (χ1n) is 6.82. The average molecular weight is 303 g/mol. The van der Waals surface area contributed by atoms with Gasteiger partial charge < -0.3 is 15.4 Å². The molecule has 0 spiro atoms. The second kappa shape index (κ2) is 8.39. The summed E-state index contributed by atoms with van der Waals surface area (Å²) in [6, 6.07) is 6.10. The second-order valence-electron chi connectivity index (χ2n) is 4.20. The van der Waals surface area contributed by atoms with Gasteiger partial charge in [0.25, 0.3) is 0 Å². The van der Waals surface area contributed by atoms with Crippen LogP contribution in [0.1, 0.15) is 19.4 Å². The molecule has 0 amide bonds. The number of alkyl halides is 3. The summed E-state index contributed by atoms with van der Waals surface area (Å²) in [5.74, 6) is 0.475. The van der Waals surface area contributed by atoms with Crippen LogP contribution >= 0.6 is 0 Å². The van der Waals surface area contributed by atoms with E-state index in [1.54, 1.807) is 12.1 Å². The summed E-state index contributed by atoms with van der Waals surface area (Å²) in [6.45, 7) is 5.70. The number of guanidine groups is 1. The lowest BCUT2D eigenvalue weighted by atomic mass is 10.1. The molecule has 118 valence electrons. The lowest BCUT2D eigenvalue weighted by molar-refractivity contribution is -0.274. The number of rotatable bonds is 6. The van der Waals surface area contributed by atoms with Gasteiger partial charge in [0.05, 0.1) is 0 Å². The molecule has 1 aromatic carbocycles. The smallest absolute Gasteiger partial charge is 0.406 e. The monoisotopic (exact) mass is 303 g/mol. The maximum absolute atomic E-state index is 12.3. The number of nitrogens with zero attached hydrogens (tertiary/aromatic N) is 1. The predicted molar refractivity (Wildman–Crippen MR) is 76.5 cm³/mol. The number of hydrogen-bond donors (Lipinski definition) is 2. The van der Waals surface area contributed by atoms with Crippen molar-refractivity contribution < 1.29 is 17.9 Å². The van der Waals surface area contributed by atoms with Gasteiger partial charge in [-0.1, -0.05) is 18.2 Å². The highest BCUT2D eigenvalue weighted by Crippen LogP contribution is 2.26. The normalized spacial score (nSPS) is 10.9. The van der Waals surface area contributed by atoms with Gasteiger partial charge >= 0.3 is 6.36 Å². The molecule has 0 fully saturated rings. The minimum Gasteiger partial charge on any atom is -0.406 e. The van der Waals surface area contributed by atoms with Crippen molar-refractivity contribution in [1.82, 2.24) is 10.6 Å². The Hall–Kier alpha value is -1.92. The van der Waals surface area contributed by atoms with Crippen molar-refractivity contribution in [1.29, 1.82) is 0 Å². The molecule has 0 aromatic heterocycles. The highest BCUT2D eigenvalue weighted by atomic mass is 19.4. The van der Waals surface area contributed by atoms with Crippen LogP contribution in [0.5, 0.6) is 5.75 Å². The Morgan fingerprint density at radius 2 is 1.76 bits per heavy atom. The molecular formula is C14H20F3N3O. The Morgan fingerprint density at radius 3 is 2.33 bits per heavy atom. The first-order valence-corrected chi connectivity index (χ1v) is 6.82. The molecule has 0 bridgehead atoms. The Labute approximate surface area is 122 Å². The van der Waals surface area contributed by atoms with Crippen LogP contribution in [0.15, 0.2) is 29.3 Å².